The number of rotatable bonds is 8. The van der Waals surface area contributed by atoms with Crippen LogP contribution in [0.4, 0.5) is 0 Å². The molecule has 6 nitrogen and oxygen atoms in total. The van der Waals surface area contributed by atoms with E-state index >= 15 is 0 Å². The number of hydrogen-bond acceptors (Lipinski definition) is 4. The highest BCUT2D eigenvalue weighted by molar-refractivity contribution is 5.85. The van der Waals surface area contributed by atoms with Gasteiger partial charge in [0.1, 0.15) is 12.3 Å². The van der Waals surface area contributed by atoms with Gasteiger partial charge in [-0.3, -0.25) is 9.59 Å². The van der Waals surface area contributed by atoms with Gasteiger partial charge in [-0.1, -0.05) is 6.92 Å². The summed E-state index contributed by atoms with van der Waals surface area (Å²) in [5.74, 6) is 0.776. The second-order valence-electron chi connectivity index (χ2n) is 6.60. The zero-order valence-corrected chi connectivity index (χ0v) is 14.3. The van der Waals surface area contributed by atoms with Crippen LogP contribution in [0.15, 0.2) is 22.8 Å². The molecule has 1 aliphatic heterocycles. The van der Waals surface area contributed by atoms with Gasteiger partial charge in [0.25, 0.3) is 0 Å². The maximum absolute atomic E-state index is 12.9. The molecule has 3 rings (SSSR count). The van der Waals surface area contributed by atoms with Gasteiger partial charge >= 0.3 is 0 Å². The van der Waals surface area contributed by atoms with Gasteiger partial charge in [0, 0.05) is 25.6 Å². The Hall–Kier alpha value is -1.82. The van der Waals surface area contributed by atoms with Crippen molar-refractivity contribution in [3.8, 4) is 0 Å². The van der Waals surface area contributed by atoms with Crippen molar-refractivity contribution in [3.05, 3.63) is 24.2 Å². The maximum Gasteiger partial charge on any atom is 0.242 e. The minimum absolute atomic E-state index is 0.0319. The van der Waals surface area contributed by atoms with E-state index in [2.05, 4.69) is 0 Å². The molecule has 24 heavy (non-hydrogen) atoms. The molecule has 2 heterocycles. The Morgan fingerprint density at radius 2 is 2.08 bits per heavy atom. The molecule has 0 radical (unpaired) electrons. The second-order valence-corrected chi connectivity index (χ2v) is 6.60. The Bertz CT molecular complexity index is 547. The molecule has 0 aromatic carbocycles. The van der Waals surface area contributed by atoms with E-state index in [9.17, 15) is 9.59 Å². The smallest absolute Gasteiger partial charge is 0.242 e. The minimum atomic E-state index is -0.0319. The quantitative estimate of drug-likeness (QED) is 0.731. The number of carbonyl (C=O) groups excluding carboxylic acids is 2. The number of hydrogen-bond donors (Lipinski definition) is 0. The lowest BCUT2D eigenvalue weighted by atomic mass is 10.2. The van der Waals surface area contributed by atoms with E-state index in [-0.39, 0.29) is 30.5 Å². The van der Waals surface area contributed by atoms with E-state index in [1.807, 2.05) is 19.1 Å². The molecule has 1 aromatic rings. The molecule has 6 heteroatoms. The van der Waals surface area contributed by atoms with E-state index in [0.717, 1.165) is 38.1 Å². The molecule has 1 aromatic heterocycles. The van der Waals surface area contributed by atoms with E-state index in [1.165, 1.54) is 0 Å². The summed E-state index contributed by atoms with van der Waals surface area (Å²) >= 11 is 0. The Morgan fingerprint density at radius 3 is 2.67 bits per heavy atom. The van der Waals surface area contributed by atoms with Crippen LogP contribution in [0.1, 0.15) is 44.8 Å². The SMILES string of the molecule is CCC(=O)N(CC(=O)N(Cc1ccco1)C[C@@H]1CCCO1)C1CC1. The highest BCUT2D eigenvalue weighted by Crippen LogP contribution is 2.27. The summed E-state index contributed by atoms with van der Waals surface area (Å²) < 4.78 is 11.1. The number of ether oxygens (including phenoxy) is 1. The van der Waals surface area contributed by atoms with Crippen LogP contribution in [0.5, 0.6) is 0 Å². The Kier molecular flexibility index (Phi) is 5.56. The predicted molar refractivity (Wildman–Crippen MR) is 88.1 cm³/mol. The van der Waals surface area contributed by atoms with Gasteiger partial charge in [-0.15, -0.1) is 0 Å². The molecule has 0 bridgehead atoms. The van der Waals surface area contributed by atoms with Crippen molar-refractivity contribution >= 4 is 11.8 Å². The lowest BCUT2D eigenvalue weighted by Crippen LogP contribution is -2.45. The fraction of sp³-hybridized carbons (Fsp3) is 0.667. The van der Waals surface area contributed by atoms with Crippen LogP contribution in [0, 0.1) is 0 Å². The maximum atomic E-state index is 12.9. The topological polar surface area (TPSA) is 63.0 Å². The van der Waals surface area contributed by atoms with Gasteiger partial charge in [0.05, 0.1) is 18.9 Å². The van der Waals surface area contributed by atoms with Gasteiger partial charge < -0.3 is 19.0 Å². The molecule has 0 N–H and O–H groups in total. The average molecular weight is 334 g/mol. The van der Waals surface area contributed by atoms with Crippen molar-refractivity contribution in [1.82, 2.24) is 9.80 Å². The number of furan rings is 1. The van der Waals surface area contributed by atoms with Gasteiger partial charge in [0.15, 0.2) is 0 Å². The summed E-state index contributed by atoms with van der Waals surface area (Å²) in [4.78, 5) is 28.5. The summed E-state index contributed by atoms with van der Waals surface area (Å²) in [6.45, 7) is 3.73. The van der Waals surface area contributed by atoms with Crippen LogP contribution in [-0.2, 0) is 20.9 Å². The highest BCUT2D eigenvalue weighted by atomic mass is 16.5. The van der Waals surface area contributed by atoms with Crippen LogP contribution < -0.4 is 0 Å². The number of nitrogens with zero attached hydrogens (tertiary/aromatic N) is 2. The van der Waals surface area contributed by atoms with Crippen LogP contribution in [0.25, 0.3) is 0 Å². The zero-order valence-electron chi connectivity index (χ0n) is 14.3. The monoisotopic (exact) mass is 334 g/mol. The van der Waals surface area contributed by atoms with Crippen molar-refractivity contribution in [3.63, 3.8) is 0 Å². The fourth-order valence-electron chi connectivity index (χ4n) is 3.14. The van der Waals surface area contributed by atoms with Gasteiger partial charge in [-0.2, -0.15) is 0 Å². The van der Waals surface area contributed by atoms with E-state index in [0.29, 0.717) is 19.5 Å². The molecule has 2 aliphatic rings. The molecular weight excluding hydrogens is 308 g/mol. The normalized spacial score (nSPS) is 20.1. The second kappa shape index (κ2) is 7.83. The fourth-order valence-corrected chi connectivity index (χ4v) is 3.14. The third-order valence-electron chi connectivity index (χ3n) is 4.64. The molecule has 2 fully saturated rings. The van der Waals surface area contributed by atoms with Gasteiger partial charge in [-0.25, -0.2) is 0 Å². The Morgan fingerprint density at radius 1 is 1.25 bits per heavy atom. The Labute approximate surface area is 142 Å². The van der Waals surface area contributed by atoms with Gasteiger partial charge in [-0.05, 0) is 37.8 Å². The van der Waals surface area contributed by atoms with Crippen LogP contribution in [0.2, 0.25) is 0 Å². The lowest BCUT2D eigenvalue weighted by Gasteiger charge is -2.28. The van der Waals surface area contributed by atoms with E-state index < -0.39 is 0 Å². The largest absolute Gasteiger partial charge is 0.467 e. The zero-order chi connectivity index (χ0) is 16.9. The molecule has 0 unspecified atom stereocenters. The van der Waals surface area contributed by atoms with Crippen LogP contribution in [0.3, 0.4) is 0 Å². The third kappa shape index (κ3) is 4.38. The van der Waals surface area contributed by atoms with Crippen LogP contribution in [-0.4, -0.2) is 53.5 Å². The predicted octanol–water partition coefficient (Wildman–Crippen LogP) is 2.19. The van der Waals surface area contributed by atoms with Crippen molar-refractivity contribution in [1.29, 1.82) is 0 Å². The molecule has 132 valence electrons. The lowest BCUT2D eigenvalue weighted by molar-refractivity contribution is -0.142. The third-order valence-corrected chi connectivity index (χ3v) is 4.64. The summed E-state index contributed by atoms with van der Waals surface area (Å²) in [7, 11) is 0. The molecule has 1 saturated heterocycles. The minimum Gasteiger partial charge on any atom is -0.467 e. The molecule has 1 atom stereocenters. The van der Waals surface area contributed by atoms with Crippen molar-refractivity contribution in [2.75, 3.05) is 19.7 Å². The first-order valence-corrected chi connectivity index (χ1v) is 8.88. The van der Waals surface area contributed by atoms with Gasteiger partial charge in [0.2, 0.25) is 11.8 Å². The Balaban J connectivity index is 1.65. The van der Waals surface area contributed by atoms with Crippen molar-refractivity contribution < 1.29 is 18.7 Å². The number of carbonyl (C=O) groups is 2. The van der Waals surface area contributed by atoms with E-state index in [4.69, 9.17) is 9.15 Å². The molecular formula is C18H26N2O4. The molecule has 1 saturated carbocycles. The molecule has 0 spiro atoms. The summed E-state index contributed by atoms with van der Waals surface area (Å²) in [6, 6.07) is 3.93. The first-order valence-electron chi connectivity index (χ1n) is 8.88. The van der Waals surface area contributed by atoms with Crippen LogP contribution >= 0.6 is 0 Å². The first kappa shape index (κ1) is 17.0. The van der Waals surface area contributed by atoms with Crippen molar-refractivity contribution in [2.45, 2.75) is 57.7 Å². The highest BCUT2D eigenvalue weighted by Gasteiger charge is 2.34. The average Bonchev–Trinajstić information content (AvgIpc) is 3.06. The van der Waals surface area contributed by atoms with E-state index in [1.54, 1.807) is 16.1 Å². The molecule has 2 amide bonds. The van der Waals surface area contributed by atoms with Crippen molar-refractivity contribution in [2.24, 2.45) is 0 Å². The molecule has 1 aliphatic carbocycles. The first-order chi connectivity index (χ1) is 11.7. The number of amides is 2. The summed E-state index contributed by atoms with van der Waals surface area (Å²) in [5, 5.41) is 0. The summed E-state index contributed by atoms with van der Waals surface area (Å²) in [6.07, 6.45) is 6.15. The standard InChI is InChI=1S/C18H26N2O4/c1-2-17(21)20(14-7-8-14)13-18(22)19(11-15-5-3-9-23-15)12-16-6-4-10-24-16/h3,5,9,14,16H,2,4,6-8,10-13H2,1H3/t16-/m0/s1. The summed E-state index contributed by atoms with van der Waals surface area (Å²) in [5.41, 5.74) is 0.